The number of aromatic nitrogens is 1. The van der Waals surface area contributed by atoms with Crippen LogP contribution in [-0.4, -0.2) is 46.8 Å². The SMILES string of the molecule is CO/C(Nc1cccc(-c2cccc(C)c2OCc2ccc3c(c2)CN(CC2CC(F)(F)C2)C3)n1)=C(/C=N)C(=O)O. The highest BCUT2D eigenvalue weighted by Gasteiger charge is 2.45. The van der Waals surface area contributed by atoms with E-state index in [-0.39, 0.29) is 30.2 Å². The van der Waals surface area contributed by atoms with Gasteiger partial charge in [0.05, 0.1) is 12.8 Å². The Bertz CT molecular complexity index is 1500. The molecule has 3 aromatic rings. The van der Waals surface area contributed by atoms with E-state index in [4.69, 9.17) is 14.9 Å². The van der Waals surface area contributed by atoms with Gasteiger partial charge in [-0.25, -0.2) is 18.6 Å². The molecule has 0 bridgehead atoms. The van der Waals surface area contributed by atoms with Crippen LogP contribution in [0.2, 0.25) is 0 Å². The van der Waals surface area contributed by atoms with Crippen LogP contribution in [0.3, 0.4) is 0 Å². The van der Waals surface area contributed by atoms with E-state index in [1.165, 1.54) is 18.2 Å². The van der Waals surface area contributed by atoms with Crippen LogP contribution < -0.4 is 10.1 Å². The molecule has 1 aliphatic heterocycles. The van der Waals surface area contributed by atoms with Gasteiger partial charge in [-0.05, 0) is 53.3 Å². The fourth-order valence-electron chi connectivity index (χ4n) is 5.44. The first-order chi connectivity index (χ1) is 19.7. The van der Waals surface area contributed by atoms with E-state index in [1.807, 2.05) is 37.3 Å². The van der Waals surface area contributed by atoms with Crippen LogP contribution in [0.5, 0.6) is 5.75 Å². The molecule has 5 rings (SSSR count). The summed E-state index contributed by atoms with van der Waals surface area (Å²) >= 11 is 0. The average molecular weight is 563 g/mol. The molecule has 0 amide bonds. The number of carbonyl (C=O) groups is 1. The molecule has 0 radical (unpaired) electrons. The smallest absolute Gasteiger partial charge is 0.342 e. The van der Waals surface area contributed by atoms with Crippen molar-refractivity contribution in [2.45, 2.75) is 45.4 Å². The summed E-state index contributed by atoms with van der Waals surface area (Å²) in [5.41, 5.74) is 5.43. The van der Waals surface area contributed by atoms with Gasteiger partial charge in [-0.3, -0.25) is 4.90 Å². The van der Waals surface area contributed by atoms with Gasteiger partial charge < -0.3 is 25.3 Å². The van der Waals surface area contributed by atoms with E-state index < -0.39 is 11.9 Å². The Labute approximate surface area is 237 Å². The number of rotatable bonds is 11. The van der Waals surface area contributed by atoms with E-state index in [2.05, 4.69) is 27.3 Å². The largest absolute Gasteiger partial charge is 0.488 e. The summed E-state index contributed by atoms with van der Waals surface area (Å²) in [5, 5.41) is 19.6. The molecule has 8 nitrogen and oxygen atoms in total. The number of pyridine rings is 1. The highest BCUT2D eigenvalue weighted by atomic mass is 19.3. The number of ether oxygens (including phenoxy) is 2. The van der Waals surface area contributed by atoms with E-state index >= 15 is 0 Å². The molecule has 1 aromatic heterocycles. The lowest BCUT2D eigenvalue weighted by atomic mass is 9.81. The van der Waals surface area contributed by atoms with Gasteiger partial charge in [0.25, 0.3) is 0 Å². The van der Waals surface area contributed by atoms with Gasteiger partial charge in [0, 0.05) is 44.3 Å². The third kappa shape index (κ3) is 6.38. The van der Waals surface area contributed by atoms with E-state index in [0.29, 0.717) is 36.6 Å². The van der Waals surface area contributed by atoms with E-state index in [9.17, 15) is 18.7 Å². The predicted molar refractivity (Wildman–Crippen MR) is 151 cm³/mol. The maximum absolute atomic E-state index is 13.2. The van der Waals surface area contributed by atoms with Crippen molar-refractivity contribution in [2.24, 2.45) is 5.92 Å². The van der Waals surface area contributed by atoms with Crippen LogP contribution in [0.25, 0.3) is 11.3 Å². The van der Waals surface area contributed by atoms with Crippen molar-refractivity contribution < 1.29 is 28.2 Å². The Morgan fingerprint density at radius 1 is 1.17 bits per heavy atom. The molecule has 2 aliphatic rings. The number of nitrogens with zero attached hydrogens (tertiary/aromatic N) is 2. The molecule has 0 atom stereocenters. The fraction of sp³-hybridized carbons (Fsp3) is 0.323. The third-order valence-electron chi connectivity index (χ3n) is 7.43. The lowest BCUT2D eigenvalue weighted by Gasteiger charge is -2.37. The number of aryl methyl sites for hydroxylation is 1. The molecule has 0 saturated heterocycles. The van der Waals surface area contributed by atoms with Crippen LogP contribution in [0.1, 0.15) is 35.1 Å². The van der Waals surface area contributed by atoms with Crippen LogP contribution >= 0.6 is 0 Å². The monoisotopic (exact) mass is 562 g/mol. The number of hydrogen-bond acceptors (Lipinski definition) is 7. The lowest BCUT2D eigenvalue weighted by molar-refractivity contribution is -0.132. The number of fused-ring (bicyclic) bond motifs is 1. The maximum atomic E-state index is 13.2. The van der Waals surface area contributed by atoms with E-state index in [1.54, 1.807) is 12.1 Å². The minimum absolute atomic E-state index is 0.0110. The van der Waals surface area contributed by atoms with Crippen molar-refractivity contribution in [3.8, 4) is 17.0 Å². The molecule has 0 unspecified atom stereocenters. The number of alkyl halides is 2. The Hall–Kier alpha value is -4.31. The highest BCUT2D eigenvalue weighted by molar-refractivity contribution is 6.08. The molecule has 1 fully saturated rings. The first kappa shape index (κ1) is 28.2. The molecule has 1 aliphatic carbocycles. The first-order valence-electron chi connectivity index (χ1n) is 13.4. The summed E-state index contributed by atoms with van der Waals surface area (Å²) in [6, 6.07) is 17.3. The molecule has 214 valence electrons. The zero-order chi connectivity index (χ0) is 29.1. The molecule has 2 heterocycles. The normalized spacial score (nSPS) is 16.8. The second kappa shape index (κ2) is 11.7. The van der Waals surface area contributed by atoms with Gasteiger partial charge in [0.2, 0.25) is 11.8 Å². The molecular formula is C31H32F2N4O4. The van der Waals surface area contributed by atoms with Crippen molar-refractivity contribution >= 4 is 18.0 Å². The third-order valence-corrected chi connectivity index (χ3v) is 7.43. The van der Waals surface area contributed by atoms with Crippen molar-refractivity contribution in [1.82, 2.24) is 9.88 Å². The maximum Gasteiger partial charge on any atom is 0.342 e. The summed E-state index contributed by atoms with van der Waals surface area (Å²) in [6.45, 7) is 4.54. The van der Waals surface area contributed by atoms with Gasteiger partial charge in [-0.15, -0.1) is 0 Å². The summed E-state index contributed by atoms with van der Waals surface area (Å²) < 4.78 is 38.0. The number of carboxylic acid groups (broad SMARTS) is 1. The second-order valence-electron chi connectivity index (χ2n) is 10.6. The highest BCUT2D eigenvalue weighted by Crippen LogP contribution is 2.43. The van der Waals surface area contributed by atoms with Gasteiger partial charge >= 0.3 is 5.97 Å². The van der Waals surface area contributed by atoms with Crippen LogP contribution in [0.15, 0.2) is 66.1 Å². The quantitative estimate of drug-likeness (QED) is 0.149. The number of methoxy groups -OCH3 is 1. The topological polar surface area (TPSA) is 108 Å². The minimum atomic E-state index is -2.49. The first-order valence-corrected chi connectivity index (χ1v) is 13.4. The number of hydrogen-bond donors (Lipinski definition) is 3. The average Bonchev–Trinajstić information content (AvgIpc) is 3.32. The zero-order valence-electron chi connectivity index (χ0n) is 22.9. The van der Waals surface area contributed by atoms with Crippen LogP contribution in [0, 0.1) is 18.3 Å². The van der Waals surface area contributed by atoms with Gasteiger partial charge in [0.1, 0.15) is 23.7 Å². The molecule has 3 N–H and O–H groups in total. The van der Waals surface area contributed by atoms with Crippen LogP contribution in [-0.2, 0) is 29.2 Å². The Morgan fingerprint density at radius 2 is 1.93 bits per heavy atom. The molecule has 0 spiro atoms. The van der Waals surface area contributed by atoms with Crippen LogP contribution in [0.4, 0.5) is 14.6 Å². The number of anilines is 1. The number of halogens is 2. The number of para-hydroxylation sites is 1. The molecular weight excluding hydrogens is 530 g/mol. The van der Waals surface area contributed by atoms with Crippen molar-refractivity contribution in [3.05, 3.63) is 88.3 Å². The Morgan fingerprint density at radius 3 is 2.63 bits per heavy atom. The lowest BCUT2D eigenvalue weighted by Crippen LogP contribution is -2.41. The summed E-state index contributed by atoms with van der Waals surface area (Å²) in [6.07, 6.45) is 0.683. The number of aliphatic carboxylic acids is 1. The number of carboxylic acids is 1. The second-order valence-corrected chi connectivity index (χ2v) is 10.6. The van der Waals surface area contributed by atoms with Crippen molar-refractivity contribution in [1.29, 1.82) is 5.41 Å². The molecule has 10 heteroatoms. The zero-order valence-corrected chi connectivity index (χ0v) is 22.9. The van der Waals surface area contributed by atoms with Crippen molar-refractivity contribution in [2.75, 3.05) is 19.0 Å². The van der Waals surface area contributed by atoms with E-state index in [0.717, 1.165) is 29.8 Å². The summed E-state index contributed by atoms with van der Waals surface area (Å²) in [7, 11) is 1.32. The Balaban J connectivity index is 1.30. The molecule has 2 aromatic carbocycles. The Kier molecular flexibility index (Phi) is 8.03. The standard InChI is InChI=1S/C31H32F2N4O4/c1-19-5-3-6-24(26-7-4-8-27(35-26)36-29(40-2)25(14-34)30(38)39)28(19)41-18-20-9-10-22-16-37(17-23(22)11-20)15-21-12-31(32,33)13-21/h3-11,14,21,34H,12-13,15-18H2,1-2H3,(H,35,36)(H,38,39)/b29-25-,34-14?. The summed E-state index contributed by atoms with van der Waals surface area (Å²) in [5.74, 6) is -2.79. The fourth-order valence-corrected chi connectivity index (χ4v) is 5.44. The predicted octanol–water partition coefficient (Wildman–Crippen LogP) is 6.00. The van der Waals surface area contributed by atoms with Gasteiger partial charge in [-0.1, -0.05) is 36.4 Å². The van der Waals surface area contributed by atoms with Gasteiger partial charge in [0.15, 0.2) is 0 Å². The molecule has 1 saturated carbocycles. The number of nitrogens with one attached hydrogen (secondary N) is 2. The van der Waals surface area contributed by atoms with Gasteiger partial charge in [-0.2, -0.15) is 0 Å². The summed E-state index contributed by atoms with van der Waals surface area (Å²) in [4.78, 5) is 18.3. The molecule has 41 heavy (non-hydrogen) atoms. The number of benzene rings is 2. The minimum Gasteiger partial charge on any atom is -0.488 e. The van der Waals surface area contributed by atoms with Crippen molar-refractivity contribution in [3.63, 3.8) is 0 Å².